The Hall–Kier alpha value is -3.01. The van der Waals surface area contributed by atoms with Gasteiger partial charge in [0.05, 0.1) is 24.0 Å². The number of furan rings is 1. The van der Waals surface area contributed by atoms with E-state index in [0.29, 0.717) is 24.5 Å². The highest BCUT2D eigenvalue weighted by Gasteiger charge is 2.32. The number of hydrogen-bond acceptors (Lipinski definition) is 4. The highest BCUT2D eigenvalue weighted by molar-refractivity contribution is 5.87. The first kappa shape index (κ1) is 15.5. The van der Waals surface area contributed by atoms with E-state index in [0.717, 1.165) is 22.3 Å². The normalized spacial score (nSPS) is 18.0. The van der Waals surface area contributed by atoms with Crippen LogP contribution < -0.4 is 4.74 Å². The molecule has 3 aromatic rings. The number of allylic oxidation sites excluding steroid dienone is 1. The molecule has 0 aliphatic carbocycles. The van der Waals surface area contributed by atoms with Gasteiger partial charge < -0.3 is 13.9 Å². The molecule has 2 aromatic carbocycles. The second-order valence-electron chi connectivity index (χ2n) is 5.92. The molecule has 126 valence electrons. The van der Waals surface area contributed by atoms with Crippen LogP contribution in [0.2, 0.25) is 0 Å². The number of fused-ring (bicyclic) bond motifs is 3. The van der Waals surface area contributed by atoms with Gasteiger partial charge in [-0.3, -0.25) is 0 Å². The van der Waals surface area contributed by atoms with Crippen molar-refractivity contribution in [2.24, 2.45) is 0 Å². The predicted octanol–water partition coefficient (Wildman–Crippen LogP) is 4.79. The van der Waals surface area contributed by atoms with Crippen molar-refractivity contribution in [1.82, 2.24) is 0 Å². The number of benzene rings is 2. The van der Waals surface area contributed by atoms with Crippen LogP contribution in [0.15, 0.2) is 70.8 Å². The molecular formula is C21H18O4. The molecule has 1 aliphatic rings. The Labute approximate surface area is 145 Å². The summed E-state index contributed by atoms with van der Waals surface area (Å²) in [5.74, 6) is 1.68. The van der Waals surface area contributed by atoms with Crippen molar-refractivity contribution >= 4 is 16.9 Å². The van der Waals surface area contributed by atoms with E-state index in [1.54, 1.807) is 6.92 Å². The summed E-state index contributed by atoms with van der Waals surface area (Å²) < 4.78 is 17.1. The van der Waals surface area contributed by atoms with E-state index in [1.165, 1.54) is 6.08 Å². The number of hydrogen-bond donors (Lipinski definition) is 0. The Balaban J connectivity index is 1.83. The van der Waals surface area contributed by atoms with Crippen LogP contribution in [0.25, 0.3) is 11.0 Å². The first-order valence-electron chi connectivity index (χ1n) is 8.38. The van der Waals surface area contributed by atoms with Crippen LogP contribution in [-0.4, -0.2) is 12.6 Å². The minimum Gasteiger partial charge on any atom is -0.463 e. The molecule has 0 spiro atoms. The topological polar surface area (TPSA) is 48.7 Å². The zero-order valence-corrected chi connectivity index (χ0v) is 13.9. The molecule has 0 radical (unpaired) electrons. The van der Waals surface area contributed by atoms with Gasteiger partial charge in [-0.1, -0.05) is 42.5 Å². The lowest BCUT2D eigenvalue weighted by atomic mass is 9.90. The monoisotopic (exact) mass is 334 g/mol. The highest BCUT2D eigenvalue weighted by atomic mass is 16.5. The van der Waals surface area contributed by atoms with E-state index in [-0.39, 0.29) is 11.9 Å². The smallest absolute Gasteiger partial charge is 0.334 e. The quantitative estimate of drug-likeness (QED) is 0.510. The number of ether oxygens (including phenoxy) is 2. The Morgan fingerprint density at radius 3 is 2.72 bits per heavy atom. The van der Waals surface area contributed by atoms with Crippen LogP contribution in [0, 0.1) is 0 Å². The van der Waals surface area contributed by atoms with Gasteiger partial charge in [0, 0.05) is 6.42 Å². The van der Waals surface area contributed by atoms with E-state index in [1.807, 2.05) is 42.5 Å². The number of esters is 1. The van der Waals surface area contributed by atoms with Gasteiger partial charge in [0.15, 0.2) is 11.5 Å². The van der Waals surface area contributed by atoms with Crippen molar-refractivity contribution in [3.8, 4) is 5.75 Å². The SMILES string of the molecule is CCOC(=O)/C=C1/C[C@H](c2ccccc2)c2oc3ccccc3c2O1. The molecule has 0 saturated carbocycles. The predicted molar refractivity (Wildman–Crippen MR) is 94.5 cm³/mol. The van der Waals surface area contributed by atoms with Gasteiger partial charge in [-0.15, -0.1) is 0 Å². The number of para-hydroxylation sites is 1. The van der Waals surface area contributed by atoms with Crippen molar-refractivity contribution in [2.45, 2.75) is 19.3 Å². The molecule has 4 rings (SSSR count). The molecule has 0 bridgehead atoms. The second kappa shape index (κ2) is 6.48. The second-order valence-corrected chi connectivity index (χ2v) is 5.92. The van der Waals surface area contributed by atoms with Crippen molar-refractivity contribution in [1.29, 1.82) is 0 Å². The zero-order chi connectivity index (χ0) is 17.2. The molecule has 0 N–H and O–H groups in total. The van der Waals surface area contributed by atoms with Gasteiger partial charge in [-0.05, 0) is 24.6 Å². The standard InChI is InChI=1S/C21H18O4/c1-2-23-19(22)13-15-12-17(14-8-4-3-5-9-14)21-20(24-15)16-10-6-7-11-18(16)25-21/h3-11,13,17H,2,12H2,1H3/b15-13-/t17-/m1/s1. The molecular weight excluding hydrogens is 316 g/mol. The largest absolute Gasteiger partial charge is 0.463 e. The Morgan fingerprint density at radius 2 is 1.92 bits per heavy atom. The summed E-state index contributed by atoms with van der Waals surface area (Å²) in [6, 6.07) is 17.9. The molecule has 2 heterocycles. The fraction of sp³-hybridized carbons (Fsp3) is 0.190. The van der Waals surface area contributed by atoms with E-state index >= 15 is 0 Å². The molecule has 4 nitrogen and oxygen atoms in total. The van der Waals surface area contributed by atoms with Crippen LogP contribution >= 0.6 is 0 Å². The third-order valence-electron chi connectivity index (χ3n) is 4.30. The summed E-state index contributed by atoms with van der Waals surface area (Å²) in [7, 11) is 0. The lowest BCUT2D eigenvalue weighted by Crippen LogP contribution is -2.14. The minimum absolute atomic E-state index is 0.00183. The lowest BCUT2D eigenvalue weighted by Gasteiger charge is -2.24. The molecule has 4 heteroatoms. The molecule has 1 aromatic heterocycles. The summed E-state index contributed by atoms with van der Waals surface area (Å²) in [4.78, 5) is 11.9. The van der Waals surface area contributed by atoms with Crippen molar-refractivity contribution in [2.75, 3.05) is 6.61 Å². The van der Waals surface area contributed by atoms with Crippen LogP contribution in [0.3, 0.4) is 0 Å². The fourth-order valence-electron chi connectivity index (χ4n) is 3.20. The van der Waals surface area contributed by atoms with Gasteiger partial charge in [0.25, 0.3) is 0 Å². The lowest BCUT2D eigenvalue weighted by molar-refractivity contribution is -0.137. The van der Waals surface area contributed by atoms with Gasteiger partial charge >= 0.3 is 5.97 Å². The van der Waals surface area contributed by atoms with Gasteiger partial charge in [0.1, 0.15) is 11.3 Å². The summed E-state index contributed by atoms with van der Waals surface area (Å²) >= 11 is 0. The summed E-state index contributed by atoms with van der Waals surface area (Å²) in [5, 5.41) is 0.910. The molecule has 0 fully saturated rings. The molecule has 0 unspecified atom stereocenters. The van der Waals surface area contributed by atoms with E-state index < -0.39 is 0 Å². The van der Waals surface area contributed by atoms with Crippen LogP contribution in [0.4, 0.5) is 0 Å². The molecule has 1 atom stereocenters. The van der Waals surface area contributed by atoms with E-state index in [9.17, 15) is 4.79 Å². The maximum atomic E-state index is 11.9. The van der Waals surface area contributed by atoms with Gasteiger partial charge in [-0.25, -0.2) is 4.79 Å². The maximum Gasteiger partial charge on any atom is 0.334 e. The fourth-order valence-corrected chi connectivity index (χ4v) is 3.20. The molecule has 0 saturated heterocycles. The van der Waals surface area contributed by atoms with Crippen molar-refractivity contribution in [3.63, 3.8) is 0 Å². The molecule has 0 amide bonds. The summed E-state index contributed by atoms with van der Waals surface area (Å²) in [6.07, 6.45) is 1.99. The van der Waals surface area contributed by atoms with Gasteiger partial charge in [-0.2, -0.15) is 0 Å². The summed E-state index contributed by atoms with van der Waals surface area (Å²) in [5.41, 5.74) is 1.91. The highest BCUT2D eigenvalue weighted by Crippen LogP contribution is 2.47. The first-order chi connectivity index (χ1) is 12.3. The number of carbonyl (C=O) groups excluding carboxylic acids is 1. The Bertz CT molecular complexity index is 937. The number of carbonyl (C=O) groups is 1. The first-order valence-corrected chi connectivity index (χ1v) is 8.38. The van der Waals surface area contributed by atoms with Crippen LogP contribution in [0.5, 0.6) is 5.75 Å². The average Bonchev–Trinajstić information content (AvgIpc) is 3.01. The van der Waals surface area contributed by atoms with Crippen LogP contribution in [0.1, 0.15) is 30.6 Å². The molecule has 1 aliphatic heterocycles. The Kier molecular flexibility index (Phi) is 4.02. The minimum atomic E-state index is -0.388. The number of rotatable bonds is 3. The zero-order valence-electron chi connectivity index (χ0n) is 13.9. The van der Waals surface area contributed by atoms with Crippen molar-refractivity contribution in [3.05, 3.63) is 77.8 Å². The van der Waals surface area contributed by atoms with E-state index in [2.05, 4.69) is 12.1 Å². The van der Waals surface area contributed by atoms with Gasteiger partial charge in [0.2, 0.25) is 0 Å². The third kappa shape index (κ3) is 2.91. The maximum absolute atomic E-state index is 11.9. The Morgan fingerprint density at radius 1 is 1.16 bits per heavy atom. The molecule has 25 heavy (non-hydrogen) atoms. The van der Waals surface area contributed by atoms with Crippen molar-refractivity contribution < 1.29 is 18.7 Å². The van der Waals surface area contributed by atoms with E-state index in [4.69, 9.17) is 13.9 Å². The average molecular weight is 334 g/mol. The van der Waals surface area contributed by atoms with Crippen LogP contribution in [-0.2, 0) is 9.53 Å². The third-order valence-corrected chi connectivity index (χ3v) is 4.30. The summed E-state index contributed by atoms with van der Waals surface area (Å²) in [6.45, 7) is 2.12.